The van der Waals surface area contributed by atoms with Crippen LogP contribution in [0.25, 0.3) is 0 Å². The van der Waals surface area contributed by atoms with E-state index in [1.165, 1.54) is 10.9 Å². The van der Waals surface area contributed by atoms with Gasteiger partial charge in [-0.05, 0) is 0 Å². The molecule has 0 aliphatic rings. The fourth-order valence-corrected chi connectivity index (χ4v) is 1.09. The van der Waals surface area contributed by atoms with E-state index in [-0.39, 0.29) is 5.56 Å². The second-order valence-electron chi connectivity index (χ2n) is 2.64. The van der Waals surface area contributed by atoms with Crippen LogP contribution in [0.3, 0.4) is 0 Å². The first-order valence-corrected chi connectivity index (χ1v) is 4.13. The van der Waals surface area contributed by atoms with Gasteiger partial charge in [0.05, 0.1) is 24.0 Å². The highest BCUT2D eigenvalue weighted by atomic mass is 16.1. The van der Waals surface area contributed by atoms with E-state index in [2.05, 4.69) is 17.0 Å². The van der Waals surface area contributed by atoms with Gasteiger partial charge in [-0.15, -0.1) is 6.58 Å². The van der Waals surface area contributed by atoms with Gasteiger partial charge in [0.2, 0.25) is 0 Å². The van der Waals surface area contributed by atoms with E-state index >= 15 is 0 Å². The van der Waals surface area contributed by atoms with Crippen LogP contribution in [0.4, 0.5) is 5.69 Å². The number of allylic oxidation sites excluding steroid dienone is 1. The molecule has 0 saturated heterocycles. The summed E-state index contributed by atoms with van der Waals surface area (Å²) in [5, 5.41) is 13.8. The number of anilines is 1. The number of nitrogens with zero attached hydrogens (tertiary/aromatic N) is 2. The molecule has 1 rings (SSSR count). The van der Waals surface area contributed by atoms with E-state index in [1.54, 1.807) is 13.1 Å². The summed E-state index contributed by atoms with van der Waals surface area (Å²) in [6, 6.07) is 0. The van der Waals surface area contributed by atoms with Gasteiger partial charge in [-0.3, -0.25) is 4.79 Å². The normalized spacial score (nSPS) is 9.50. The third-order valence-electron chi connectivity index (χ3n) is 1.80. The minimum atomic E-state index is -0.285. The average molecular weight is 192 g/mol. The summed E-state index contributed by atoms with van der Waals surface area (Å²) >= 11 is 0. The highest BCUT2D eigenvalue weighted by Crippen LogP contribution is 2.04. The molecule has 0 atom stereocenters. The van der Waals surface area contributed by atoms with E-state index in [4.69, 9.17) is 5.41 Å². The molecule has 1 aromatic heterocycles. The van der Waals surface area contributed by atoms with Crippen molar-refractivity contribution < 1.29 is 0 Å². The van der Waals surface area contributed by atoms with Crippen molar-refractivity contribution in [2.45, 2.75) is 6.54 Å². The first kappa shape index (κ1) is 10.2. The van der Waals surface area contributed by atoms with Gasteiger partial charge in [0.15, 0.2) is 0 Å². The Hall–Kier alpha value is -1.91. The van der Waals surface area contributed by atoms with Crippen LogP contribution in [-0.2, 0) is 6.54 Å². The SMILES string of the molecule is C=CCn1ncc(NC)c(C=N)c1=O. The van der Waals surface area contributed by atoms with E-state index in [0.717, 1.165) is 6.21 Å². The summed E-state index contributed by atoms with van der Waals surface area (Å²) in [5.41, 5.74) is 0.585. The third-order valence-corrected chi connectivity index (χ3v) is 1.80. The van der Waals surface area contributed by atoms with Crippen LogP contribution >= 0.6 is 0 Å². The van der Waals surface area contributed by atoms with Crippen molar-refractivity contribution in [2.75, 3.05) is 12.4 Å². The Morgan fingerprint density at radius 1 is 1.79 bits per heavy atom. The van der Waals surface area contributed by atoms with Crippen molar-refractivity contribution >= 4 is 11.9 Å². The van der Waals surface area contributed by atoms with E-state index in [0.29, 0.717) is 17.8 Å². The largest absolute Gasteiger partial charge is 0.386 e. The molecule has 5 heteroatoms. The van der Waals surface area contributed by atoms with Crippen molar-refractivity contribution in [2.24, 2.45) is 0 Å². The fraction of sp³-hybridized carbons (Fsp3) is 0.222. The molecular weight excluding hydrogens is 180 g/mol. The smallest absolute Gasteiger partial charge is 0.277 e. The van der Waals surface area contributed by atoms with Gasteiger partial charge < -0.3 is 10.7 Å². The van der Waals surface area contributed by atoms with Crippen LogP contribution in [0.1, 0.15) is 5.56 Å². The van der Waals surface area contributed by atoms with Crippen LogP contribution < -0.4 is 10.9 Å². The molecule has 0 amide bonds. The first-order valence-electron chi connectivity index (χ1n) is 4.13. The Labute approximate surface area is 81.6 Å². The number of nitrogens with one attached hydrogen (secondary N) is 2. The fourth-order valence-electron chi connectivity index (χ4n) is 1.09. The predicted octanol–water partition coefficient (Wildman–Crippen LogP) is 0.469. The summed E-state index contributed by atoms with van der Waals surface area (Å²) in [4.78, 5) is 11.6. The lowest BCUT2D eigenvalue weighted by Crippen LogP contribution is -2.26. The van der Waals surface area contributed by atoms with Crippen LogP contribution in [0.5, 0.6) is 0 Å². The lowest BCUT2D eigenvalue weighted by molar-refractivity contribution is 0.652. The Balaban J connectivity index is 3.34. The Morgan fingerprint density at radius 2 is 2.50 bits per heavy atom. The highest BCUT2D eigenvalue weighted by Gasteiger charge is 2.06. The molecule has 0 radical (unpaired) electrons. The third kappa shape index (κ3) is 1.71. The minimum absolute atomic E-state index is 0.285. The number of hydrogen-bond donors (Lipinski definition) is 2. The summed E-state index contributed by atoms with van der Waals surface area (Å²) in [5.74, 6) is 0. The van der Waals surface area contributed by atoms with Crippen LogP contribution in [0.15, 0.2) is 23.6 Å². The molecule has 2 N–H and O–H groups in total. The standard InChI is InChI=1S/C9H12N4O/c1-3-4-13-9(14)7(5-10)8(11-2)6-12-13/h3,5-6,10-11H,1,4H2,2H3. The maximum Gasteiger partial charge on any atom is 0.277 e. The molecule has 5 nitrogen and oxygen atoms in total. The summed E-state index contributed by atoms with van der Waals surface area (Å²) < 4.78 is 1.26. The molecule has 0 bridgehead atoms. The zero-order valence-electron chi connectivity index (χ0n) is 7.95. The average Bonchev–Trinajstić information content (AvgIpc) is 2.21. The molecule has 1 aromatic rings. The van der Waals surface area contributed by atoms with Gasteiger partial charge in [0.25, 0.3) is 5.56 Å². The lowest BCUT2D eigenvalue weighted by Gasteiger charge is -2.06. The molecule has 0 fully saturated rings. The van der Waals surface area contributed by atoms with Crippen LogP contribution in [0.2, 0.25) is 0 Å². The molecule has 0 aliphatic carbocycles. The first-order chi connectivity index (χ1) is 6.74. The van der Waals surface area contributed by atoms with E-state index in [1.807, 2.05) is 0 Å². The predicted molar refractivity (Wildman–Crippen MR) is 56.1 cm³/mol. The number of aromatic nitrogens is 2. The molecule has 74 valence electrons. The summed E-state index contributed by atoms with van der Waals surface area (Å²) in [6.45, 7) is 3.87. The van der Waals surface area contributed by atoms with Gasteiger partial charge in [0, 0.05) is 13.3 Å². The maximum absolute atomic E-state index is 11.6. The monoisotopic (exact) mass is 192 g/mol. The zero-order chi connectivity index (χ0) is 10.6. The molecule has 14 heavy (non-hydrogen) atoms. The van der Waals surface area contributed by atoms with Crippen molar-refractivity contribution in [3.8, 4) is 0 Å². The van der Waals surface area contributed by atoms with Crippen molar-refractivity contribution in [3.05, 3.63) is 34.8 Å². The Kier molecular flexibility index (Phi) is 3.17. The molecule has 0 aliphatic heterocycles. The van der Waals surface area contributed by atoms with Gasteiger partial charge in [-0.1, -0.05) is 6.08 Å². The molecule has 0 unspecified atom stereocenters. The maximum atomic E-state index is 11.6. The van der Waals surface area contributed by atoms with Crippen molar-refractivity contribution in [3.63, 3.8) is 0 Å². The highest BCUT2D eigenvalue weighted by molar-refractivity contribution is 5.84. The second kappa shape index (κ2) is 4.36. The molecular formula is C9H12N4O. The van der Waals surface area contributed by atoms with Crippen molar-refractivity contribution in [1.29, 1.82) is 5.41 Å². The molecule has 0 aromatic carbocycles. The van der Waals surface area contributed by atoms with Gasteiger partial charge >= 0.3 is 0 Å². The topological polar surface area (TPSA) is 70.8 Å². The van der Waals surface area contributed by atoms with Crippen LogP contribution in [-0.4, -0.2) is 23.0 Å². The van der Waals surface area contributed by atoms with Crippen molar-refractivity contribution in [1.82, 2.24) is 9.78 Å². The summed E-state index contributed by atoms with van der Waals surface area (Å²) in [7, 11) is 1.68. The molecule has 0 saturated carbocycles. The van der Waals surface area contributed by atoms with Gasteiger partial charge in [-0.25, -0.2) is 4.68 Å². The lowest BCUT2D eigenvalue weighted by atomic mass is 10.3. The second-order valence-corrected chi connectivity index (χ2v) is 2.64. The number of rotatable bonds is 4. The van der Waals surface area contributed by atoms with E-state index < -0.39 is 0 Å². The quantitative estimate of drug-likeness (QED) is 0.538. The summed E-state index contributed by atoms with van der Waals surface area (Å²) in [6.07, 6.45) is 4.13. The molecule has 1 heterocycles. The Morgan fingerprint density at radius 3 is 3.00 bits per heavy atom. The van der Waals surface area contributed by atoms with Gasteiger partial charge in [0.1, 0.15) is 0 Å². The Bertz CT molecular complexity index is 408. The van der Waals surface area contributed by atoms with E-state index in [9.17, 15) is 4.79 Å². The zero-order valence-corrected chi connectivity index (χ0v) is 7.95. The van der Waals surface area contributed by atoms with Crippen LogP contribution in [0, 0.1) is 5.41 Å². The molecule has 0 spiro atoms. The minimum Gasteiger partial charge on any atom is -0.386 e. The number of hydrogen-bond acceptors (Lipinski definition) is 4. The van der Waals surface area contributed by atoms with Gasteiger partial charge in [-0.2, -0.15) is 5.10 Å².